The Labute approximate surface area is 112 Å². The number of carboxylic acids is 1. The van der Waals surface area contributed by atoms with Crippen molar-refractivity contribution >= 4 is 27.4 Å². The number of fused-ring (bicyclic) bond motifs is 1. The van der Waals surface area contributed by atoms with Gasteiger partial charge in [-0.3, -0.25) is 4.79 Å². The number of carbonyl (C=O) groups is 1. The van der Waals surface area contributed by atoms with Gasteiger partial charge in [0, 0.05) is 4.70 Å². The van der Waals surface area contributed by atoms with Gasteiger partial charge in [-0.1, -0.05) is 32.0 Å². The van der Waals surface area contributed by atoms with E-state index < -0.39 is 5.97 Å². The van der Waals surface area contributed by atoms with Crippen molar-refractivity contribution in [1.82, 2.24) is 5.32 Å². The average Bonchev–Trinajstić information content (AvgIpc) is 2.75. The summed E-state index contributed by atoms with van der Waals surface area (Å²) in [5, 5.41) is 13.9. The third kappa shape index (κ3) is 5.80. The number of aryl methyl sites for hydroxylation is 1. The van der Waals surface area contributed by atoms with Crippen LogP contribution in [0.15, 0.2) is 29.6 Å². The normalized spacial score (nSPS) is 8.89. The van der Waals surface area contributed by atoms with E-state index in [9.17, 15) is 4.79 Å². The van der Waals surface area contributed by atoms with Crippen molar-refractivity contribution in [3.05, 3.63) is 35.2 Å². The summed E-state index contributed by atoms with van der Waals surface area (Å²) in [6.45, 7) is 6.19. The van der Waals surface area contributed by atoms with E-state index in [-0.39, 0.29) is 6.54 Å². The van der Waals surface area contributed by atoms with Gasteiger partial charge in [0.25, 0.3) is 0 Å². The molecule has 0 radical (unpaired) electrons. The molecule has 1 aromatic carbocycles. The highest BCUT2D eigenvalue weighted by Gasteiger charge is 1.95. The fraction of sp³-hybridized carbons (Fsp3) is 0.357. The molecule has 0 aliphatic heterocycles. The number of carboxylic acid groups (broad SMARTS) is 1. The number of nitrogens with one attached hydrogen (secondary N) is 1. The summed E-state index contributed by atoms with van der Waals surface area (Å²) in [6.07, 6.45) is 0. The Morgan fingerprint density at radius 3 is 2.39 bits per heavy atom. The highest BCUT2D eigenvalue weighted by atomic mass is 32.1. The third-order valence-electron chi connectivity index (χ3n) is 2.00. The molecule has 0 atom stereocenters. The van der Waals surface area contributed by atoms with Crippen molar-refractivity contribution in [2.45, 2.75) is 20.8 Å². The fourth-order valence-corrected chi connectivity index (χ4v) is 2.21. The lowest BCUT2D eigenvalue weighted by Gasteiger charge is -1.86. The molecule has 2 N–H and O–H groups in total. The number of aliphatic carboxylic acids is 1. The molecule has 0 aliphatic carbocycles. The Bertz CT molecular complexity index is 466. The van der Waals surface area contributed by atoms with Crippen LogP contribution in [-0.2, 0) is 4.79 Å². The first-order valence-corrected chi connectivity index (χ1v) is 6.82. The summed E-state index contributed by atoms with van der Waals surface area (Å²) in [4.78, 5) is 9.54. The van der Waals surface area contributed by atoms with Crippen LogP contribution >= 0.6 is 11.3 Å². The molecular formula is C14H21NO2S. The third-order valence-corrected chi connectivity index (χ3v) is 3.08. The fourth-order valence-electron chi connectivity index (χ4n) is 1.26. The van der Waals surface area contributed by atoms with Crippen LogP contribution in [0, 0.1) is 6.92 Å². The van der Waals surface area contributed by atoms with Gasteiger partial charge < -0.3 is 10.4 Å². The predicted molar refractivity (Wildman–Crippen MR) is 79.5 cm³/mol. The zero-order chi connectivity index (χ0) is 14.0. The van der Waals surface area contributed by atoms with Crippen molar-refractivity contribution in [3.8, 4) is 0 Å². The second-order valence-corrected chi connectivity index (χ2v) is 4.25. The molecule has 2 rings (SSSR count). The molecule has 0 aliphatic rings. The smallest absolute Gasteiger partial charge is 0.317 e. The van der Waals surface area contributed by atoms with Gasteiger partial charge in [-0.05, 0) is 36.4 Å². The summed E-state index contributed by atoms with van der Waals surface area (Å²) in [5.41, 5.74) is 1.39. The first-order chi connectivity index (χ1) is 8.65. The molecule has 1 aromatic heterocycles. The van der Waals surface area contributed by atoms with Gasteiger partial charge in [0.1, 0.15) is 0 Å². The van der Waals surface area contributed by atoms with Crippen molar-refractivity contribution < 1.29 is 9.90 Å². The highest BCUT2D eigenvalue weighted by Crippen LogP contribution is 2.24. The minimum absolute atomic E-state index is 0.0417. The van der Waals surface area contributed by atoms with Crippen LogP contribution < -0.4 is 5.32 Å². The summed E-state index contributed by atoms with van der Waals surface area (Å²) in [5.74, 6) is -0.822. The zero-order valence-electron chi connectivity index (χ0n) is 11.4. The Kier molecular flexibility index (Phi) is 8.88. The van der Waals surface area contributed by atoms with Gasteiger partial charge in [0.05, 0.1) is 6.54 Å². The van der Waals surface area contributed by atoms with E-state index in [2.05, 4.69) is 41.9 Å². The monoisotopic (exact) mass is 267 g/mol. The van der Waals surface area contributed by atoms with E-state index in [1.54, 1.807) is 7.05 Å². The second-order valence-electron chi connectivity index (χ2n) is 3.34. The van der Waals surface area contributed by atoms with Gasteiger partial charge >= 0.3 is 5.97 Å². The van der Waals surface area contributed by atoms with Crippen LogP contribution in [0.1, 0.15) is 19.4 Å². The summed E-state index contributed by atoms with van der Waals surface area (Å²) in [6, 6.07) is 8.49. The van der Waals surface area contributed by atoms with Crippen molar-refractivity contribution in [2.24, 2.45) is 0 Å². The van der Waals surface area contributed by atoms with E-state index in [0.29, 0.717) is 0 Å². The minimum Gasteiger partial charge on any atom is -0.480 e. The lowest BCUT2D eigenvalue weighted by Crippen LogP contribution is -2.16. The number of rotatable bonds is 2. The Balaban J connectivity index is 0.000000315. The lowest BCUT2D eigenvalue weighted by molar-refractivity contribution is -0.135. The standard InChI is InChI=1S/C9H8S.C3H7NO2.C2H6/c1-7-6-10-9-5-3-2-4-8(7)9;1-4-2-3(5)6;1-2/h2-6H,1H3;4H,2H2,1H3,(H,5,6);1-2H3. The van der Waals surface area contributed by atoms with Crippen LogP contribution in [0.2, 0.25) is 0 Å². The minimum atomic E-state index is -0.822. The van der Waals surface area contributed by atoms with E-state index >= 15 is 0 Å². The number of hydrogen-bond donors (Lipinski definition) is 2. The molecule has 0 bridgehead atoms. The SMILES string of the molecule is CC.CNCC(=O)O.Cc1csc2ccccc12. The molecule has 18 heavy (non-hydrogen) atoms. The molecule has 0 unspecified atom stereocenters. The number of benzene rings is 1. The van der Waals surface area contributed by atoms with Crippen LogP contribution in [0.5, 0.6) is 0 Å². The average molecular weight is 267 g/mol. The zero-order valence-corrected chi connectivity index (χ0v) is 12.2. The quantitative estimate of drug-likeness (QED) is 0.875. The van der Waals surface area contributed by atoms with E-state index in [1.807, 2.05) is 25.2 Å². The molecular weight excluding hydrogens is 246 g/mol. The number of likely N-dealkylation sites (N-methyl/N-ethyl adjacent to an activating group) is 1. The first kappa shape index (κ1) is 16.6. The van der Waals surface area contributed by atoms with Crippen LogP contribution in [-0.4, -0.2) is 24.7 Å². The van der Waals surface area contributed by atoms with Crippen LogP contribution in [0.3, 0.4) is 0 Å². The molecule has 100 valence electrons. The molecule has 1 heterocycles. The molecule has 0 saturated carbocycles. The molecule has 4 heteroatoms. The summed E-state index contributed by atoms with van der Waals surface area (Å²) in [7, 11) is 1.59. The maximum absolute atomic E-state index is 9.54. The molecule has 0 fully saturated rings. The summed E-state index contributed by atoms with van der Waals surface area (Å²) >= 11 is 1.81. The Morgan fingerprint density at radius 2 is 1.94 bits per heavy atom. The van der Waals surface area contributed by atoms with Gasteiger partial charge in [-0.15, -0.1) is 11.3 Å². The molecule has 0 amide bonds. The van der Waals surface area contributed by atoms with E-state index in [4.69, 9.17) is 5.11 Å². The molecule has 2 aromatic rings. The van der Waals surface area contributed by atoms with Crippen molar-refractivity contribution in [1.29, 1.82) is 0 Å². The van der Waals surface area contributed by atoms with Crippen molar-refractivity contribution in [3.63, 3.8) is 0 Å². The lowest BCUT2D eigenvalue weighted by atomic mass is 10.2. The largest absolute Gasteiger partial charge is 0.480 e. The van der Waals surface area contributed by atoms with E-state index in [1.165, 1.54) is 15.6 Å². The Hall–Kier alpha value is -1.39. The Morgan fingerprint density at radius 1 is 1.33 bits per heavy atom. The predicted octanol–water partition coefficient (Wildman–Crippen LogP) is 3.53. The van der Waals surface area contributed by atoms with E-state index in [0.717, 1.165) is 0 Å². The molecule has 0 spiro atoms. The maximum Gasteiger partial charge on any atom is 0.317 e. The molecule has 0 saturated heterocycles. The van der Waals surface area contributed by atoms with Gasteiger partial charge in [0.15, 0.2) is 0 Å². The number of hydrogen-bond acceptors (Lipinski definition) is 3. The van der Waals surface area contributed by atoms with Gasteiger partial charge in [-0.25, -0.2) is 0 Å². The second kappa shape index (κ2) is 9.62. The van der Waals surface area contributed by atoms with Crippen molar-refractivity contribution in [2.75, 3.05) is 13.6 Å². The first-order valence-electron chi connectivity index (χ1n) is 5.94. The molecule has 3 nitrogen and oxygen atoms in total. The maximum atomic E-state index is 9.54. The topological polar surface area (TPSA) is 49.3 Å². The van der Waals surface area contributed by atoms with Gasteiger partial charge in [0.2, 0.25) is 0 Å². The van der Waals surface area contributed by atoms with Crippen LogP contribution in [0.4, 0.5) is 0 Å². The highest BCUT2D eigenvalue weighted by molar-refractivity contribution is 7.17. The van der Waals surface area contributed by atoms with Crippen LogP contribution in [0.25, 0.3) is 10.1 Å². The van der Waals surface area contributed by atoms with Gasteiger partial charge in [-0.2, -0.15) is 0 Å². The summed E-state index contributed by atoms with van der Waals surface area (Å²) < 4.78 is 1.39. The number of thiophene rings is 1.